The van der Waals surface area contributed by atoms with Crippen LogP contribution >= 0.6 is 35.0 Å². The van der Waals surface area contributed by atoms with E-state index < -0.39 is 0 Å². The van der Waals surface area contributed by atoms with Crippen molar-refractivity contribution in [2.45, 2.75) is 35.2 Å². The first-order chi connectivity index (χ1) is 16.3. The minimum atomic E-state index is -0.194. The van der Waals surface area contributed by atoms with Crippen LogP contribution in [-0.4, -0.2) is 61.2 Å². The fraction of sp³-hybridized carbons (Fsp3) is 0.417. The molecule has 2 aromatic heterocycles. The lowest BCUT2D eigenvalue weighted by Crippen LogP contribution is -2.33. The average Bonchev–Trinajstić information content (AvgIpc) is 2.83. The van der Waals surface area contributed by atoms with E-state index in [2.05, 4.69) is 9.88 Å². The molecule has 1 atom stereocenters. The molecule has 178 valence electrons. The van der Waals surface area contributed by atoms with Crippen molar-refractivity contribution < 1.29 is 0 Å². The van der Waals surface area contributed by atoms with Crippen LogP contribution in [0.3, 0.4) is 0 Å². The van der Waals surface area contributed by atoms with Gasteiger partial charge in [-0.1, -0.05) is 35.3 Å². The van der Waals surface area contributed by atoms with E-state index in [0.717, 1.165) is 58.5 Å². The Morgan fingerprint density at radius 3 is 2.00 bits per heavy atom. The average molecular weight is 517 g/mol. The van der Waals surface area contributed by atoms with Gasteiger partial charge in [-0.2, -0.15) is 4.98 Å². The normalized spacial score (nSPS) is 17.2. The molecule has 3 aromatic rings. The number of anilines is 3. The number of fused-ring (bicyclic) bond motifs is 2. The number of piperidine rings is 1. The van der Waals surface area contributed by atoms with Gasteiger partial charge in [0.15, 0.2) is 0 Å². The number of nitrogens with zero attached hydrogens (tertiary/aromatic N) is 7. The van der Waals surface area contributed by atoms with Gasteiger partial charge in [-0.15, -0.1) is 0 Å². The number of halogens is 2. The van der Waals surface area contributed by atoms with Crippen LogP contribution in [0.2, 0.25) is 10.2 Å². The summed E-state index contributed by atoms with van der Waals surface area (Å²) in [4.78, 5) is 25.7. The monoisotopic (exact) mass is 515 g/mol. The van der Waals surface area contributed by atoms with Crippen molar-refractivity contribution in [3.8, 4) is 0 Å². The molecule has 1 unspecified atom stereocenters. The Balaban J connectivity index is 1.79. The summed E-state index contributed by atoms with van der Waals surface area (Å²) in [6, 6.07) is 7.92. The van der Waals surface area contributed by atoms with E-state index in [1.165, 1.54) is 6.42 Å². The zero-order valence-electron chi connectivity index (χ0n) is 19.7. The van der Waals surface area contributed by atoms with E-state index in [-0.39, 0.29) is 5.92 Å². The molecule has 1 aromatic carbocycles. The van der Waals surface area contributed by atoms with Crippen molar-refractivity contribution in [1.82, 2.24) is 19.9 Å². The van der Waals surface area contributed by atoms with Crippen molar-refractivity contribution in [2.24, 2.45) is 0 Å². The second-order valence-electron chi connectivity index (χ2n) is 9.02. The first kappa shape index (κ1) is 23.5. The molecule has 5 rings (SSSR count). The van der Waals surface area contributed by atoms with Gasteiger partial charge >= 0.3 is 0 Å². The molecule has 0 radical (unpaired) electrons. The summed E-state index contributed by atoms with van der Waals surface area (Å²) in [5.74, 6) is 2.05. The van der Waals surface area contributed by atoms with Gasteiger partial charge in [-0.05, 0) is 48.7 Å². The Morgan fingerprint density at radius 1 is 0.794 bits per heavy atom. The van der Waals surface area contributed by atoms with E-state index in [4.69, 9.17) is 38.2 Å². The second kappa shape index (κ2) is 9.40. The molecule has 34 heavy (non-hydrogen) atoms. The Kier molecular flexibility index (Phi) is 6.48. The quantitative estimate of drug-likeness (QED) is 0.337. The molecular weight excluding hydrogens is 489 g/mol. The van der Waals surface area contributed by atoms with Crippen LogP contribution < -0.4 is 14.7 Å². The summed E-state index contributed by atoms with van der Waals surface area (Å²) in [5, 5.41) is 2.87. The van der Waals surface area contributed by atoms with Crippen molar-refractivity contribution >= 4 is 52.7 Å². The molecule has 4 heterocycles. The van der Waals surface area contributed by atoms with Crippen LogP contribution in [0.4, 0.5) is 17.7 Å². The first-order valence-electron chi connectivity index (χ1n) is 11.4. The summed E-state index contributed by atoms with van der Waals surface area (Å²) >= 11 is 14.7. The van der Waals surface area contributed by atoms with Crippen LogP contribution in [0.1, 0.15) is 41.9 Å². The largest absolute Gasteiger partial charge is 0.356 e. The summed E-state index contributed by atoms with van der Waals surface area (Å²) in [7, 11) is 7.78. The van der Waals surface area contributed by atoms with Gasteiger partial charge < -0.3 is 14.7 Å². The fourth-order valence-electron chi connectivity index (χ4n) is 4.46. The van der Waals surface area contributed by atoms with Crippen LogP contribution in [-0.2, 0) is 0 Å². The highest BCUT2D eigenvalue weighted by atomic mass is 35.5. The van der Waals surface area contributed by atoms with Crippen LogP contribution in [0.5, 0.6) is 0 Å². The number of hydrogen-bond donors (Lipinski definition) is 0. The van der Waals surface area contributed by atoms with E-state index in [1.807, 2.05) is 62.3 Å². The van der Waals surface area contributed by atoms with Gasteiger partial charge in [0, 0.05) is 63.3 Å². The Morgan fingerprint density at radius 2 is 1.38 bits per heavy atom. The van der Waals surface area contributed by atoms with Crippen molar-refractivity contribution in [3.05, 3.63) is 51.1 Å². The molecule has 0 bridgehead atoms. The topological polar surface area (TPSA) is 61.3 Å². The van der Waals surface area contributed by atoms with E-state index in [1.54, 1.807) is 11.8 Å². The van der Waals surface area contributed by atoms with Crippen molar-refractivity contribution in [3.63, 3.8) is 0 Å². The Hall–Kier alpha value is -2.29. The molecule has 0 aliphatic carbocycles. The lowest BCUT2D eigenvalue weighted by molar-refractivity contribution is 0.568. The first-order valence-corrected chi connectivity index (χ1v) is 12.9. The molecule has 10 heteroatoms. The molecule has 0 amide bonds. The Bertz CT molecular complexity index is 1210. The molecule has 0 saturated carbocycles. The molecule has 1 saturated heterocycles. The van der Waals surface area contributed by atoms with Crippen molar-refractivity contribution in [1.29, 1.82) is 0 Å². The van der Waals surface area contributed by atoms with Gasteiger partial charge in [-0.25, -0.2) is 15.0 Å². The summed E-state index contributed by atoms with van der Waals surface area (Å²) in [6.07, 6.45) is 3.55. The van der Waals surface area contributed by atoms with E-state index in [0.29, 0.717) is 22.1 Å². The number of rotatable bonds is 4. The predicted molar refractivity (Wildman–Crippen MR) is 140 cm³/mol. The number of aromatic nitrogens is 4. The minimum absolute atomic E-state index is 0.194. The maximum atomic E-state index is 6.87. The van der Waals surface area contributed by atoms with Crippen LogP contribution in [0.25, 0.3) is 0 Å². The van der Waals surface area contributed by atoms with Gasteiger partial charge in [0.1, 0.15) is 21.0 Å². The molecule has 0 spiro atoms. The van der Waals surface area contributed by atoms with E-state index >= 15 is 0 Å². The highest BCUT2D eigenvalue weighted by Gasteiger charge is 2.38. The zero-order chi connectivity index (χ0) is 24.0. The van der Waals surface area contributed by atoms with Crippen molar-refractivity contribution in [2.75, 3.05) is 56.0 Å². The number of benzene rings is 1. The van der Waals surface area contributed by atoms with Gasteiger partial charge in [0.2, 0.25) is 11.9 Å². The predicted octanol–water partition coefficient (Wildman–Crippen LogP) is 5.34. The van der Waals surface area contributed by atoms with Crippen LogP contribution in [0.15, 0.2) is 34.3 Å². The SMILES string of the molecule is CN(C)c1nc(Cl)c2c(n1)Sc1nc(N(C)C)nc(N3CCCCC3)c1C2c1ccc(Cl)cc1. The zero-order valence-corrected chi connectivity index (χ0v) is 22.0. The summed E-state index contributed by atoms with van der Waals surface area (Å²) in [5.41, 5.74) is 3.02. The molecule has 2 aliphatic heterocycles. The lowest BCUT2D eigenvalue weighted by Gasteiger charge is -2.35. The fourth-order valence-corrected chi connectivity index (χ4v) is 6.00. The smallest absolute Gasteiger partial charge is 0.227 e. The summed E-state index contributed by atoms with van der Waals surface area (Å²) < 4.78 is 0. The third-order valence-corrected chi connectivity index (χ3v) is 7.71. The lowest BCUT2D eigenvalue weighted by atomic mass is 9.86. The second-order valence-corrected chi connectivity index (χ2v) is 10.8. The van der Waals surface area contributed by atoms with Gasteiger partial charge in [-0.3, -0.25) is 0 Å². The minimum Gasteiger partial charge on any atom is -0.356 e. The molecule has 7 nitrogen and oxygen atoms in total. The molecule has 2 aliphatic rings. The third kappa shape index (κ3) is 4.27. The number of hydrogen-bond acceptors (Lipinski definition) is 8. The maximum Gasteiger partial charge on any atom is 0.227 e. The van der Waals surface area contributed by atoms with E-state index in [9.17, 15) is 0 Å². The van der Waals surface area contributed by atoms with Gasteiger partial charge in [0.05, 0.1) is 0 Å². The third-order valence-electron chi connectivity index (χ3n) is 6.16. The van der Waals surface area contributed by atoms with Crippen LogP contribution in [0, 0.1) is 0 Å². The maximum absolute atomic E-state index is 6.87. The molecular formula is C24H27Cl2N7S. The summed E-state index contributed by atoms with van der Waals surface area (Å²) in [6.45, 7) is 1.95. The highest BCUT2D eigenvalue weighted by Crippen LogP contribution is 2.52. The standard InChI is InChI=1S/C24H27Cl2N7S/c1-31(2)23-27-19(26)17-16(14-8-10-15(25)11-9-14)18-20(33-12-6-5-7-13-33)28-24(32(3)4)30-22(18)34-21(17)29-23/h8-11,16H,5-7,12-13H2,1-4H3. The van der Waals surface area contributed by atoms with Gasteiger partial charge in [0.25, 0.3) is 0 Å². The Labute approximate surface area is 214 Å². The molecule has 1 fully saturated rings. The molecule has 0 N–H and O–H groups in total. The highest BCUT2D eigenvalue weighted by molar-refractivity contribution is 7.99.